The van der Waals surface area contributed by atoms with Gasteiger partial charge in [-0.25, -0.2) is 0 Å². The van der Waals surface area contributed by atoms with Crippen LogP contribution in [0.25, 0.3) is 0 Å². The van der Waals surface area contributed by atoms with Crippen molar-refractivity contribution in [3.63, 3.8) is 0 Å². The Hall–Kier alpha value is -0.310. The quantitative estimate of drug-likeness (QED) is 0.498. The van der Waals surface area contributed by atoms with E-state index in [0.29, 0.717) is 5.94 Å². The van der Waals surface area contributed by atoms with Gasteiger partial charge in [0.25, 0.3) is 0 Å². The lowest BCUT2D eigenvalue weighted by Crippen LogP contribution is -1.64. The molecule has 0 saturated carbocycles. The molecule has 1 rings (SSSR count). The molecule has 0 spiro atoms. The van der Waals surface area contributed by atoms with Crippen LogP contribution < -0.4 is 0 Å². The maximum Gasteiger partial charge on any atom is 0.188 e. The second-order valence-corrected chi connectivity index (χ2v) is 1.83. The number of hydrogen-bond donors (Lipinski definition) is 1. The van der Waals surface area contributed by atoms with Gasteiger partial charge < -0.3 is 9.84 Å². The first-order valence-corrected chi connectivity index (χ1v) is 2.52. The van der Waals surface area contributed by atoms with Gasteiger partial charge in [0.05, 0.1) is 0 Å². The van der Waals surface area contributed by atoms with Crippen molar-refractivity contribution in [1.29, 1.82) is 0 Å². The highest BCUT2D eigenvalue weighted by molar-refractivity contribution is 8.02. The predicted molar refractivity (Wildman–Crippen MR) is 24.3 cm³/mol. The van der Waals surface area contributed by atoms with Gasteiger partial charge in [-0.05, 0) is 11.8 Å². The molecule has 2 nitrogen and oxygen atoms in total. The minimum Gasteiger partial charge on any atom is -0.500 e. The first kappa shape index (κ1) is 3.87. The molecule has 1 heterocycles. The summed E-state index contributed by atoms with van der Waals surface area (Å²) in [6, 6.07) is 0. The van der Waals surface area contributed by atoms with Crippen molar-refractivity contribution in [1.82, 2.24) is 0 Å². The van der Waals surface area contributed by atoms with Crippen LogP contribution in [0.3, 0.4) is 0 Å². The molecular formula is C3H4O2S. The van der Waals surface area contributed by atoms with E-state index in [1.807, 2.05) is 0 Å². The summed E-state index contributed by atoms with van der Waals surface area (Å²) in [5, 5.41) is 8.70. The molecule has 1 aliphatic rings. The Morgan fingerprint density at radius 2 is 2.83 bits per heavy atom. The van der Waals surface area contributed by atoms with E-state index in [-0.39, 0.29) is 5.09 Å². The lowest BCUT2D eigenvalue weighted by atomic mass is 11.1. The van der Waals surface area contributed by atoms with E-state index < -0.39 is 0 Å². The average molecular weight is 104 g/mol. The zero-order valence-corrected chi connectivity index (χ0v) is 3.86. The van der Waals surface area contributed by atoms with Crippen LogP contribution in [0.15, 0.2) is 11.4 Å². The molecule has 0 saturated heterocycles. The number of aliphatic hydroxyl groups excluding tert-OH is 1. The number of hydrogen-bond acceptors (Lipinski definition) is 3. The Morgan fingerprint density at radius 3 is 3.00 bits per heavy atom. The zero-order chi connectivity index (χ0) is 4.41. The van der Waals surface area contributed by atoms with Gasteiger partial charge in [-0.1, -0.05) is 0 Å². The Balaban J connectivity index is 2.45. The van der Waals surface area contributed by atoms with Gasteiger partial charge in [-0.2, -0.15) is 0 Å². The monoisotopic (exact) mass is 104 g/mol. The number of thioether (sulfide) groups is 1. The maximum absolute atomic E-state index is 8.43. The molecule has 34 valence electrons. The Bertz CT molecular complexity index is 78.9. The topological polar surface area (TPSA) is 29.5 Å². The highest BCUT2D eigenvalue weighted by atomic mass is 32.2. The maximum atomic E-state index is 8.43. The minimum atomic E-state index is 0.273. The van der Waals surface area contributed by atoms with Crippen molar-refractivity contribution in [3.8, 4) is 0 Å². The van der Waals surface area contributed by atoms with Crippen molar-refractivity contribution in [3.05, 3.63) is 11.4 Å². The molecule has 0 amide bonds. The molecule has 0 aromatic heterocycles. The molecule has 0 aliphatic carbocycles. The van der Waals surface area contributed by atoms with Gasteiger partial charge in [0.15, 0.2) is 5.09 Å². The summed E-state index contributed by atoms with van der Waals surface area (Å²) in [5.74, 6) is 0.561. The van der Waals surface area contributed by atoms with Crippen molar-refractivity contribution < 1.29 is 9.84 Å². The van der Waals surface area contributed by atoms with Crippen LogP contribution in [0.4, 0.5) is 0 Å². The SMILES string of the molecule is OC1=COCS1. The number of rotatable bonds is 0. The summed E-state index contributed by atoms with van der Waals surface area (Å²) in [6.45, 7) is 0. The zero-order valence-electron chi connectivity index (χ0n) is 3.05. The van der Waals surface area contributed by atoms with Gasteiger partial charge >= 0.3 is 0 Å². The van der Waals surface area contributed by atoms with Crippen molar-refractivity contribution in [2.24, 2.45) is 0 Å². The first-order valence-electron chi connectivity index (χ1n) is 1.53. The van der Waals surface area contributed by atoms with Crippen molar-refractivity contribution in [2.75, 3.05) is 5.94 Å². The molecule has 6 heavy (non-hydrogen) atoms. The van der Waals surface area contributed by atoms with E-state index in [0.717, 1.165) is 0 Å². The van der Waals surface area contributed by atoms with Crippen LogP contribution in [0.5, 0.6) is 0 Å². The van der Waals surface area contributed by atoms with Gasteiger partial charge in [0, 0.05) is 0 Å². The smallest absolute Gasteiger partial charge is 0.188 e. The fourth-order valence-electron chi connectivity index (χ4n) is 0.234. The minimum absolute atomic E-state index is 0.273. The molecular weight excluding hydrogens is 100 g/mol. The molecule has 0 aromatic rings. The largest absolute Gasteiger partial charge is 0.500 e. The first-order chi connectivity index (χ1) is 2.89. The third-order valence-corrected chi connectivity index (χ3v) is 1.10. The standard InChI is InChI=1S/C3H4O2S/c4-3-1-5-2-6-3/h1,4H,2H2. The summed E-state index contributed by atoms with van der Waals surface area (Å²) < 4.78 is 4.61. The predicted octanol–water partition coefficient (Wildman–Crippen LogP) is 1.06. The Morgan fingerprint density at radius 1 is 2.00 bits per heavy atom. The van der Waals surface area contributed by atoms with E-state index in [1.165, 1.54) is 18.0 Å². The van der Waals surface area contributed by atoms with Gasteiger partial charge in [-0.15, -0.1) is 0 Å². The Kier molecular flexibility index (Phi) is 0.919. The summed E-state index contributed by atoms with van der Waals surface area (Å²) >= 11 is 1.29. The van der Waals surface area contributed by atoms with Crippen LogP contribution in [0, 0.1) is 0 Å². The van der Waals surface area contributed by atoms with Gasteiger partial charge in [0.1, 0.15) is 12.2 Å². The van der Waals surface area contributed by atoms with Crippen LogP contribution in [0.2, 0.25) is 0 Å². The lowest BCUT2D eigenvalue weighted by molar-refractivity contribution is 0.312. The second kappa shape index (κ2) is 1.43. The highest BCUT2D eigenvalue weighted by Gasteiger charge is 1.99. The van der Waals surface area contributed by atoms with Crippen LogP contribution >= 0.6 is 11.8 Å². The van der Waals surface area contributed by atoms with Gasteiger partial charge in [-0.3, -0.25) is 0 Å². The van der Waals surface area contributed by atoms with Crippen LogP contribution in [-0.4, -0.2) is 11.0 Å². The van der Waals surface area contributed by atoms with Crippen molar-refractivity contribution in [2.45, 2.75) is 0 Å². The normalized spacial score (nSPS) is 19.7. The molecule has 0 fully saturated rings. The van der Waals surface area contributed by atoms with E-state index in [1.54, 1.807) is 0 Å². The Labute approximate surface area is 39.8 Å². The van der Waals surface area contributed by atoms with E-state index in [4.69, 9.17) is 5.11 Å². The molecule has 0 radical (unpaired) electrons. The van der Waals surface area contributed by atoms with E-state index in [2.05, 4.69) is 4.74 Å². The molecule has 0 atom stereocenters. The molecule has 1 N–H and O–H groups in total. The number of aliphatic hydroxyl groups is 1. The summed E-state index contributed by atoms with van der Waals surface area (Å²) in [6.07, 6.45) is 1.34. The van der Waals surface area contributed by atoms with Crippen LogP contribution in [-0.2, 0) is 4.74 Å². The fourth-order valence-corrected chi connectivity index (χ4v) is 0.627. The molecule has 0 bridgehead atoms. The summed E-state index contributed by atoms with van der Waals surface area (Å²) in [5.41, 5.74) is 0. The molecule has 0 aromatic carbocycles. The van der Waals surface area contributed by atoms with Gasteiger partial charge in [0.2, 0.25) is 0 Å². The molecule has 3 heteroatoms. The summed E-state index contributed by atoms with van der Waals surface area (Å²) in [4.78, 5) is 0. The van der Waals surface area contributed by atoms with E-state index >= 15 is 0 Å². The second-order valence-electron chi connectivity index (χ2n) is 0.885. The van der Waals surface area contributed by atoms with Crippen molar-refractivity contribution >= 4 is 11.8 Å². The summed E-state index contributed by atoms with van der Waals surface area (Å²) in [7, 11) is 0. The highest BCUT2D eigenvalue weighted by Crippen LogP contribution is 2.18. The van der Waals surface area contributed by atoms with Crippen LogP contribution in [0.1, 0.15) is 0 Å². The number of ether oxygens (including phenoxy) is 1. The average Bonchev–Trinajstić information content (AvgIpc) is 1.86. The third-order valence-electron chi connectivity index (χ3n) is 0.459. The lowest BCUT2D eigenvalue weighted by Gasteiger charge is -1.78. The van der Waals surface area contributed by atoms with E-state index in [9.17, 15) is 0 Å². The third kappa shape index (κ3) is 0.597. The molecule has 0 unspecified atom stereocenters. The fraction of sp³-hybridized carbons (Fsp3) is 0.333. The molecule has 1 aliphatic heterocycles.